The van der Waals surface area contributed by atoms with E-state index in [0.29, 0.717) is 7.14 Å². The number of hydrogen-bond acceptors (Lipinski definition) is 1. The molecule has 1 nitrogen and oxygen atoms in total. The molecule has 0 radical (unpaired) electrons. The molecule has 6 heteroatoms. The van der Waals surface area contributed by atoms with Gasteiger partial charge in [0.05, 0.1) is 3.57 Å². The first-order chi connectivity index (χ1) is 6.00. The van der Waals surface area contributed by atoms with Crippen LogP contribution in [0.2, 0.25) is 0 Å². The molecule has 0 aliphatic rings. The van der Waals surface area contributed by atoms with Gasteiger partial charge in [-0.05, 0) is 57.3 Å². The molecule has 0 unspecified atom stereocenters. The summed E-state index contributed by atoms with van der Waals surface area (Å²) in [7, 11) is 0. The van der Waals surface area contributed by atoms with Gasteiger partial charge in [0, 0.05) is 3.57 Å². The fourth-order valence-electron chi connectivity index (χ4n) is 0.731. The number of ether oxygens (including phenoxy) is 1. The molecule has 0 spiro atoms. The number of alkyl halides is 2. The van der Waals surface area contributed by atoms with E-state index in [2.05, 4.69) is 4.74 Å². The molecule has 1 aromatic carbocycles. The standard InChI is InChI=1S/C7H3F3I2O/c8-4-1-3(11)2-5(12)6(4)13-7(9)10/h1-2,7H. The van der Waals surface area contributed by atoms with E-state index in [4.69, 9.17) is 0 Å². The molecule has 0 saturated carbocycles. The molecule has 0 heterocycles. The van der Waals surface area contributed by atoms with Crippen molar-refractivity contribution in [1.82, 2.24) is 0 Å². The lowest BCUT2D eigenvalue weighted by molar-refractivity contribution is -0.0528. The first kappa shape index (κ1) is 11.3. The van der Waals surface area contributed by atoms with Crippen LogP contribution in [0.25, 0.3) is 0 Å². The first-order valence-electron chi connectivity index (χ1n) is 3.10. The highest BCUT2D eigenvalue weighted by Gasteiger charge is 2.14. The SMILES string of the molecule is Fc1cc(I)cc(I)c1OC(F)F. The van der Waals surface area contributed by atoms with Crippen molar-refractivity contribution < 1.29 is 17.9 Å². The van der Waals surface area contributed by atoms with Crippen LogP contribution in [-0.4, -0.2) is 6.61 Å². The van der Waals surface area contributed by atoms with Gasteiger partial charge in [0.1, 0.15) is 0 Å². The third-order valence-electron chi connectivity index (χ3n) is 1.17. The van der Waals surface area contributed by atoms with Crippen molar-refractivity contribution in [3.63, 3.8) is 0 Å². The highest BCUT2D eigenvalue weighted by Crippen LogP contribution is 2.28. The normalized spacial score (nSPS) is 10.6. The Morgan fingerprint density at radius 2 is 1.85 bits per heavy atom. The number of benzene rings is 1. The Bertz CT molecular complexity index is 294. The lowest BCUT2D eigenvalue weighted by Crippen LogP contribution is -2.05. The summed E-state index contributed by atoms with van der Waals surface area (Å²) >= 11 is 3.64. The minimum Gasteiger partial charge on any atom is -0.431 e. The first-order valence-corrected chi connectivity index (χ1v) is 5.26. The van der Waals surface area contributed by atoms with Crippen molar-refractivity contribution in [1.29, 1.82) is 0 Å². The van der Waals surface area contributed by atoms with E-state index in [1.807, 2.05) is 22.6 Å². The van der Waals surface area contributed by atoms with Gasteiger partial charge in [-0.2, -0.15) is 8.78 Å². The van der Waals surface area contributed by atoms with E-state index in [1.54, 1.807) is 28.7 Å². The average Bonchev–Trinajstić information content (AvgIpc) is 1.96. The van der Waals surface area contributed by atoms with Crippen molar-refractivity contribution in [3.8, 4) is 5.75 Å². The third kappa shape index (κ3) is 3.15. The summed E-state index contributed by atoms with van der Waals surface area (Å²) in [5.74, 6) is -1.16. The highest BCUT2D eigenvalue weighted by molar-refractivity contribution is 14.1. The Hall–Kier alpha value is 0.270. The summed E-state index contributed by atoms with van der Waals surface area (Å²) in [5.41, 5.74) is 0. The monoisotopic (exact) mass is 414 g/mol. The maximum Gasteiger partial charge on any atom is 0.387 e. The number of rotatable bonds is 2. The molecular formula is C7H3F3I2O. The number of halogens is 5. The lowest BCUT2D eigenvalue weighted by atomic mass is 10.3. The molecule has 0 N–H and O–H groups in total. The molecule has 0 atom stereocenters. The zero-order valence-electron chi connectivity index (χ0n) is 6.03. The van der Waals surface area contributed by atoms with Crippen LogP contribution in [-0.2, 0) is 0 Å². The summed E-state index contributed by atoms with van der Waals surface area (Å²) in [4.78, 5) is 0. The van der Waals surface area contributed by atoms with E-state index in [0.717, 1.165) is 6.07 Å². The molecule has 1 aromatic rings. The Morgan fingerprint density at radius 3 is 2.31 bits per heavy atom. The van der Waals surface area contributed by atoms with Crippen LogP contribution >= 0.6 is 45.2 Å². The van der Waals surface area contributed by atoms with E-state index < -0.39 is 18.2 Å². The minimum absolute atomic E-state index is 0.335. The highest BCUT2D eigenvalue weighted by atomic mass is 127. The molecule has 0 fully saturated rings. The predicted octanol–water partition coefficient (Wildman–Crippen LogP) is 3.64. The molecule has 1 rings (SSSR count). The zero-order chi connectivity index (χ0) is 10.0. The summed E-state index contributed by atoms with van der Waals surface area (Å²) in [6.45, 7) is -3.00. The van der Waals surface area contributed by atoms with Crippen LogP contribution < -0.4 is 4.74 Å². The molecule has 72 valence electrons. The van der Waals surface area contributed by atoms with Gasteiger partial charge in [0.15, 0.2) is 11.6 Å². The lowest BCUT2D eigenvalue weighted by Gasteiger charge is -2.07. The van der Waals surface area contributed by atoms with Crippen LogP contribution in [0.3, 0.4) is 0 Å². The fourth-order valence-corrected chi connectivity index (χ4v) is 2.63. The van der Waals surface area contributed by atoms with Gasteiger partial charge < -0.3 is 4.74 Å². The second-order valence-electron chi connectivity index (χ2n) is 2.08. The van der Waals surface area contributed by atoms with Gasteiger partial charge in [-0.25, -0.2) is 4.39 Å². The van der Waals surface area contributed by atoms with Gasteiger partial charge in [-0.1, -0.05) is 0 Å². The molecule has 0 bridgehead atoms. The van der Waals surface area contributed by atoms with Crippen molar-refractivity contribution in [2.24, 2.45) is 0 Å². The third-order valence-corrected chi connectivity index (χ3v) is 2.59. The maximum atomic E-state index is 13.0. The molecule has 0 aliphatic heterocycles. The quantitative estimate of drug-likeness (QED) is 0.673. The summed E-state index contributed by atoms with van der Waals surface area (Å²) in [6.07, 6.45) is 0. The van der Waals surface area contributed by atoms with Gasteiger partial charge in [-0.3, -0.25) is 0 Å². The van der Waals surface area contributed by atoms with Gasteiger partial charge in [0.25, 0.3) is 0 Å². The average molecular weight is 414 g/mol. The topological polar surface area (TPSA) is 9.23 Å². The Kier molecular flexibility index (Phi) is 4.07. The molecule has 0 saturated heterocycles. The van der Waals surface area contributed by atoms with Gasteiger partial charge >= 0.3 is 6.61 Å². The number of hydrogen-bond donors (Lipinski definition) is 0. The van der Waals surface area contributed by atoms with E-state index in [1.165, 1.54) is 0 Å². The van der Waals surface area contributed by atoms with Crippen LogP contribution in [0.5, 0.6) is 5.75 Å². The molecule has 13 heavy (non-hydrogen) atoms. The largest absolute Gasteiger partial charge is 0.431 e. The second-order valence-corrected chi connectivity index (χ2v) is 4.48. The van der Waals surface area contributed by atoms with Crippen LogP contribution in [0, 0.1) is 13.0 Å². The maximum absolute atomic E-state index is 13.0. The summed E-state index contributed by atoms with van der Waals surface area (Å²) in [6, 6.07) is 2.70. The molecule has 0 amide bonds. The molecule has 0 aliphatic carbocycles. The van der Waals surface area contributed by atoms with Crippen LogP contribution in [0.4, 0.5) is 13.2 Å². The Labute approximate surface area is 99.9 Å². The van der Waals surface area contributed by atoms with E-state index in [-0.39, 0.29) is 0 Å². The second kappa shape index (κ2) is 4.67. The predicted molar refractivity (Wildman–Crippen MR) is 58.5 cm³/mol. The Balaban J connectivity index is 3.06. The van der Waals surface area contributed by atoms with Crippen LogP contribution in [0.15, 0.2) is 12.1 Å². The molecular weight excluding hydrogens is 411 g/mol. The molecule has 0 aromatic heterocycles. The fraction of sp³-hybridized carbons (Fsp3) is 0.143. The van der Waals surface area contributed by atoms with Gasteiger partial charge in [-0.15, -0.1) is 0 Å². The smallest absolute Gasteiger partial charge is 0.387 e. The zero-order valence-corrected chi connectivity index (χ0v) is 10.3. The Morgan fingerprint density at radius 1 is 1.23 bits per heavy atom. The van der Waals surface area contributed by atoms with Gasteiger partial charge in [0.2, 0.25) is 0 Å². The van der Waals surface area contributed by atoms with Crippen molar-refractivity contribution in [3.05, 3.63) is 25.1 Å². The van der Waals surface area contributed by atoms with Crippen molar-refractivity contribution in [2.75, 3.05) is 0 Å². The minimum atomic E-state index is -3.00. The summed E-state index contributed by atoms with van der Waals surface area (Å²) < 4.78 is 41.6. The summed E-state index contributed by atoms with van der Waals surface area (Å²) in [5, 5.41) is 0. The van der Waals surface area contributed by atoms with E-state index in [9.17, 15) is 13.2 Å². The van der Waals surface area contributed by atoms with E-state index >= 15 is 0 Å². The van der Waals surface area contributed by atoms with Crippen molar-refractivity contribution in [2.45, 2.75) is 6.61 Å². The van der Waals surface area contributed by atoms with Crippen molar-refractivity contribution >= 4 is 45.2 Å². The van der Waals surface area contributed by atoms with Crippen LogP contribution in [0.1, 0.15) is 0 Å².